The Morgan fingerprint density at radius 2 is 0.958 bits per heavy atom. The maximum absolute atomic E-state index is 11.6. The Morgan fingerprint density at radius 1 is 0.542 bits per heavy atom. The predicted octanol–water partition coefficient (Wildman–Crippen LogP) is 5.57. The second-order valence-corrected chi connectivity index (χ2v) is 6.48. The van der Waals surface area contributed by atoms with E-state index in [1.54, 1.807) is 0 Å². The quantitative estimate of drug-likeness (QED) is 0.256. The Morgan fingerprint density at radius 3 is 1.50 bits per heavy atom. The fourth-order valence-corrected chi connectivity index (χ4v) is 2.44. The van der Waals surface area contributed by atoms with Crippen LogP contribution in [-0.4, -0.2) is 25.2 Å². The molecule has 4 heteroatoms. The molecule has 0 aromatic rings. The van der Waals surface area contributed by atoms with Crippen molar-refractivity contribution in [2.45, 2.75) is 104 Å². The predicted molar refractivity (Wildman–Crippen MR) is 97.9 cm³/mol. The van der Waals surface area contributed by atoms with Gasteiger partial charge in [0.2, 0.25) is 0 Å². The molecule has 0 aliphatic carbocycles. The van der Waals surface area contributed by atoms with Crippen molar-refractivity contribution in [3.63, 3.8) is 0 Å². The van der Waals surface area contributed by atoms with E-state index in [9.17, 15) is 9.59 Å². The van der Waals surface area contributed by atoms with E-state index in [0.717, 1.165) is 44.9 Å². The summed E-state index contributed by atoms with van der Waals surface area (Å²) in [5.41, 5.74) is 0. The SMILES string of the molecule is CCCCCCCCCOC(=O)CCCCCC(=O)OCCCC. The van der Waals surface area contributed by atoms with Gasteiger partial charge in [0, 0.05) is 12.8 Å². The Labute approximate surface area is 148 Å². The van der Waals surface area contributed by atoms with Crippen LogP contribution in [0.2, 0.25) is 0 Å². The Balaban J connectivity index is 3.27. The number of carbonyl (C=O) groups is 2. The first-order valence-electron chi connectivity index (χ1n) is 10.0. The molecule has 0 aromatic heterocycles. The van der Waals surface area contributed by atoms with E-state index in [0.29, 0.717) is 26.1 Å². The average Bonchev–Trinajstić information content (AvgIpc) is 2.57. The molecule has 0 rings (SSSR count). The molecular weight excluding hydrogens is 304 g/mol. The molecule has 4 nitrogen and oxygen atoms in total. The summed E-state index contributed by atoms with van der Waals surface area (Å²) in [5, 5.41) is 0. The molecule has 0 aliphatic rings. The summed E-state index contributed by atoms with van der Waals surface area (Å²) < 4.78 is 10.3. The highest BCUT2D eigenvalue weighted by Gasteiger charge is 2.05. The van der Waals surface area contributed by atoms with E-state index in [-0.39, 0.29) is 11.9 Å². The van der Waals surface area contributed by atoms with Crippen LogP contribution in [0.5, 0.6) is 0 Å². The fraction of sp³-hybridized carbons (Fsp3) is 0.900. The van der Waals surface area contributed by atoms with E-state index in [4.69, 9.17) is 9.47 Å². The van der Waals surface area contributed by atoms with Crippen molar-refractivity contribution in [3.05, 3.63) is 0 Å². The van der Waals surface area contributed by atoms with Crippen LogP contribution in [0, 0.1) is 0 Å². The van der Waals surface area contributed by atoms with Crippen molar-refractivity contribution in [3.8, 4) is 0 Å². The summed E-state index contributed by atoms with van der Waals surface area (Å²) in [6.07, 6.45) is 13.9. The molecule has 24 heavy (non-hydrogen) atoms. The van der Waals surface area contributed by atoms with Crippen LogP contribution in [0.4, 0.5) is 0 Å². The van der Waals surface area contributed by atoms with Gasteiger partial charge in [-0.3, -0.25) is 9.59 Å². The zero-order valence-corrected chi connectivity index (χ0v) is 15.9. The van der Waals surface area contributed by atoms with Crippen LogP contribution in [0.1, 0.15) is 104 Å². The summed E-state index contributed by atoms with van der Waals surface area (Å²) in [7, 11) is 0. The van der Waals surface area contributed by atoms with Gasteiger partial charge in [-0.2, -0.15) is 0 Å². The number of ether oxygens (including phenoxy) is 2. The molecule has 0 aliphatic heterocycles. The molecule has 0 heterocycles. The minimum atomic E-state index is -0.120. The van der Waals surface area contributed by atoms with E-state index < -0.39 is 0 Å². The van der Waals surface area contributed by atoms with Crippen LogP contribution in [-0.2, 0) is 19.1 Å². The number of esters is 2. The highest BCUT2D eigenvalue weighted by Crippen LogP contribution is 2.08. The third-order valence-electron chi connectivity index (χ3n) is 4.03. The first kappa shape index (κ1) is 22.9. The minimum Gasteiger partial charge on any atom is -0.466 e. The molecule has 0 bridgehead atoms. The van der Waals surface area contributed by atoms with Crippen molar-refractivity contribution < 1.29 is 19.1 Å². The van der Waals surface area contributed by atoms with Gasteiger partial charge in [-0.05, 0) is 25.7 Å². The number of hydrogen-bond donors (Lipinski definition) is 0. The Bertz CT molecular complexity index is 302. The summed E-state index contributed by atoms with van der Waals surface area (Å²) in [6, 6.07) is 0. The largest absolute Gasteiger partial charge is 0.466 e. The monoisotopic (exact) mass is 342 g/mol. The molecule has 0 spiro atoms. The van der Waals surface area contributed by atoms with Crippen LogP contribution < -0.4 is 0 Å². The van der Waals surface area contributed by atoms with Crippen molar-refractivity contribution >= 4 is 11.9 Å². The minimum absolute atomic E-state index is 0.105. The van der Waals surface area contributed by atoms with Gasteiger partial charge in [-0.25, -0.2) is 0 Å². The smallest absolute Gasteiger partial charge is 0.305 e. The lowest BCUT2D eigenvalue weighted by Gasteiger charge is -2.05. The standard InChI is InChI=1S/C20H38O4/c1-3-5-7-8-9-10-14-18-24-20(22)16-13-11-12-15-19(21)23-17-6-4-2/h3-18H2,1-2H3. The van der Waals surface area contributed by atoms with Gasteiger partial charge in [0.15, 0.2) is 0 Å². The third kappa shape index (κ3) is 17.3. The van der Waals surface area contributed by atoms with Crippen LogP contribution in [0.25, 0.3) is 0 Å². The summed E-state index contributed by atoms with van der Waals surface area (Å²) in [6.45, 7) is 5.37. The number of carbonyl (C=O) groups excluding carboxylic acids is 2. The average molecular weight is 343 g/mol. The first-order chi connectivity index (χ1) is 11.7. The van der Waals surface area contributed by atoms with Gasteiger partial charge in [-0.1, -0.05) is 65.2 Å². The Hall–Kier alpha value is -1.06. The molecule has 0 fully saturated rings. The van der Waals surface area contributed by atoms with Crippen LogP contribution in [0.3, 0.4) is 0 Å². The van der Waals surface area contributed by atoms with Gasteiger partial charge in [-0.15, -0.1) is 0 Å². The van der Waals surface area contributed by atoms with Gasteiger partial charge < -0.3 is 9.47 Å². The zero-order chi connectivity index (χ0) is 17.9. The molecule has 142 valence electrons. The van der Waals surface area contributed by atoms with Crippen molar-refractivity contribution in [2.24, 2.45) is 0 Å². The summed E-state index contributed by atoms with van der Waals surface area (Å²) >= 11 is 0. The van der Waals surface area contributed by atoms with E-state index in [2.05, 4.69) is 13.8 Å². The number of hydrogen-bond acceptors (Lipinski definition) is 4. The maximum Gasteiger partial charge on any atom is 0.305 e. The third-order valence-corrected chi connectivity index (χ3v) is 4.03. The van der Waals surface area contributed by atoms with Crippen molar-refractivity contribution in [1.29, 1.82) is 0 Å². The number of unbranched alkanes of at least 4 members (excludes halogenated alkanes) is 9. The first-order valence-corrected chi connectivity index (χ1v) is 10.0. The molecule has 0 atom stereocenters. The Kier molecular flexibility index (Phi) is 17.5. The normalized spacial score (nSPS) is 10.6. The lowest BCUT2D eigenvalue weighted by Crippen LogP contribution is -2.07. The fourth-order valence-electron chi connectivity index (χ4n) is 2.44. The molecule has 0 unspecified atom stereocenters. The topological polar surface area (TPSA) is 52.6 Å². The highest BCUT2D eigenvalue weighted by atomic mass is 16.5. The lowest BCUT2D eigenvalue weighted by molar-refractivity contribution is -0.144. The molecule has 0 amide bonds. The molecular formula is C20H38O4. The van der Waals surface area contributed by atoms with E-state index >= 15 is 0 Å². The lowest BCUT2D eigenvalue weighted by atomic mass is 10.1. The molecule has 0 saturated heterocycles. The number of rotatable bonds is 17. The highest BCUT2D eigenvalue weighted by molar-refractivity contribution is 5.69. The van der Waals surface area contributed by atoms with Crippen LogP contribution >= 0.6 is 0 Å². The molecule has 0 N–H and O–H groups in total. The molecule has 0 aromatic carbocycles. The van der Waals surface area contributed by atoms with Crippen molar-refractivity contribution in [2.75, 3.05) is 13.2 Å². The van der Waals surface area contributed by atoms with Crippen molar-refractivity contribution in [1.82, 2.24) is 0 Å². The van der Waals surface area contributed by atoms with Crippen LogP contribution in [0.15, 0.2) is 0 Å². The zero-order valence-electron chi connectivity index (χ0n) is 15.9. The van der Waals surface area contributed by atoms with Gasteiger partial charge in [0.1, 0.15) is 0 Å². The summed E-state index contributed by atoms with van der Waals surface area (Å²) in [4.78, 5) is 23.0. The molecule has 0 radical (unpaired) electrons. The van der Waals surface area contributed by atoms with Gasteiger partial charge in [0.25, 0.3) is 0 Å². The second-order valence-electron chi connectivity index (χ2n) is 6.48. The maximum atomic E-state index is 11.6. The summed E-state index contributed by atoms with van der Waals surface area (Å²) in [5.74, 6) is -0.225. The second kappa shape index (κ2) is 18.3. The molecule has 0 saturated carbocycles. The van der Waals surface area contributed by atoms with E-state index in [1.807, 2.05) is 0 Å². The van der Waals surface area contributed by atoms with E-state index in [1.165, 1.54) is 32.1 Å². The van der Waals surface area contributed by atoms with Gasteiger partial charge in [0.05, 0.1) is 13.2 Å². The van der Waals surface area contributed by atoms with Gasteiger partial charge >= 0.3 is 11.9 Å².